The lowest BCUT2D eigenvalue weighted by Gasteiger charge is -2.17. The molecular weight excluding hydrogens is 364 g/mol. The summed E-state index contributed by atoms with van der Waals surface area (Å²) in [7, 11) is 1.62. The van der Waals surface area contributed by atoms with Crippen LogP contribution in [0.5, 0.6) is 11.5 Å². The molecule has 2 aromatic carbocycles. The molecule has 7 heteroatoms. The molecule has 0 aliphatic carbocycles. The molecular formula is C20H25ClN4O2. The van der Waals surface area contributed by atoms with Crippen LogP contribution in [0.15, 0.2) is 40.5 Å². The fourth-order valence-corrected chi connectivity index (χ4v) is 2.73. The molecule has 0 heterocycles. The molecule has 0 atom stereocenters. The van der Waals surface area contributed by atoms with Gasteiger partial charge in [0.05, 0.1) is 13.3 Å². The summed E-state index contributed by atoms with van der Waals surface area (Å²) < 4.78 is 11.5. The maximum Gasteiger partial charge on any atom is 0.211 e. The summed E-state index contributed by atoms with van der Waals surface area (Å²) in [5.41, 5.74) is 14.3. The fourth-order valence-electron chi connectivity index (χ4n) is 2.56. The molecule has 0 spiro atoms. The summed E-state index contributed by atoms with van der Waals surface area (Å²) in [5.74, 6) is 1.74. The molecule has 0 aliphatic heterocycles. The van der Waals surface area contributed by atoms with Crippen LogP contribution in [0.25, 0.3) is 0 Å². The van der Waals surface area contributed by atoms with Crippen molar-refractivity contribution in [3.63, 3.8) is 0 Å². The van der Waals surface area contributed by atoms with E-state index in [-0.39, 0.29) is 11.9 Å². The molecule has 6 nitrogen and oxygen atoms in total. The Morgan fingerprint density at radius 1 is 1.19 bits per heavy atom. The van der Waals surface area contributed by atoms with Crippen molar-refractivity contribution in [2.45, 2.75) is 33.3 Å². The van der Waals surface area contributed by atoms with Crippen LogP contribution in [0, 0.1) is 6.92 Å². The molecule has 0 bridgehead atoms. The van der Waals surface area contributed by atoms with E-state index in [2.05, 4.69) is 24.1 Å². The minimum Gasteiger partial charge on any atom is -0.496 e. The number of hydrogen-bond acceptors (Lipinski definition) is 4. The molecule has 4 N–H and O–H groups in total. The van der Waals surface area contributed by atoms with Gasteiger partial charge in [0.25, 0.3) is 0 Å². The van der Waals surface area contributed by atoms with Gasteiger partial charge in [-0.1, -0.05) is 25.4 Å². The first-order valence-electron chi connectivity index (χ1n) is 8.53. The zero-order valence-electron chi connectivity index (χ0n) is 16.0. The second-order valence-electron chi connectivity index (χ2n) is 6.42. The summed E-state index contributed by atoms with van der Waals surface area (Å²) in [5, 5.41) is 8.17. The first-order valence-corrected chi connectivity index (χ1v) is 8.91. The molecule has 0 fully saturated rings. The van der Waals surface area contributed by atoms with E-state index in [0.29, 0.717) is 6.61 Å². The Morgan fingerprint density at radius 2 is 1.93 bits per heavy atom. The fraction of sp³-hybridized carbons (Fsp3) is 0.300. The average Bonchev–Trinajstić information content (AvgIpc) is 2.62. The third kappa shape index (κ3) is 5.62. The Balaban J connectivity index is 2.28. The summed E-state index contributed by atoms with van der Waals surface area (Å²) in [4.78, 5) is 0. The van der Waals surface area contributed by atoms with Crippen LogP contribution in [0.2, 0.25) is 5.02 Å². The van der Waals surface area contributed by atoms with Gasteiger partial charge in [-0.05, 0) is 59.9 Å². The number of methoxy groups -OCH3 is 1. The van der Waals surface area contributed by atoms with Crippen molar-refractivity contribution in [2.24, 2.45) is 21.7 Å². The number of halogens is 1. The van der Waals surface area contributed by atoms with Gasteiger partial charge >= 0.3 is 0 Å². The van der Waals surface area contributed by atoms with Crippen LogP contribution < -0.4 is 20.9 Å². The van der Waals surface area contributed by atoms with E-state index >= 15 is 0 Å². The summed E-state index contributed by atoms with van der Waals surface area (Å²) in [6, 6.07) is 9.56. The molecule has 0 radical (unpaired) electrons. The predicted molar refractivity (Wildman–Crippen MR) is 111 cm³/mol. The zero-order chi connectivity index (χ0) is 20.0. The third-order valence-electron chi connectivity index (χ3n) is 3.98. The highest BCUT2D eigenvalue weighted by Crippen LogP contribution is 2.33. The highest BCUT2D eigenvalue weighted by Gasteiger charge is 2.13. The van der Waals surface area contributed by atoms with Crippen molar-refractivity contribution in [3.8, 4) is 11.5 Å². The van der Waals surface area contributed by atoms with E-state index in [1.54, 1.807) is 13.3 Å². The minimum absolute atomic E-state index is 0.0948. The van der Waals surface area contributed by atoms with E-state index in [1.807, 2.05) is 37.3 Å². The second-order valence-corrected chi connectivity index (χ2v) is 6.83. The van der Waals surface area contributed by atoms with E-state index in [9.17, 15) is 0 Å². The summed E-state index contributed by atoms with van der Waals surface area (Å²) in [6.45, 7) is 6.51. The minimum atomic E-state index is -0.0948. The lowest BCUT2D eigenvalue weighted by molar-refractivity contribution is 0.292. The van der Waals surface area contributed by atoms with Crippen LogP contribution >= 0.6 is 11.6 Å². The van der Waals surface area contributed by atoms with Gasteiger partial charge < -0.3 is 20.9 Å². The SMILES string of the molecule is COc1ccc(C=NN=C(N)N)cc1COc1cc(C)c(Cl)cc1C(C)C. The molecule has 0 unspecified atom stereocenters. The van der Waals surface area contributed by atoms with Crippen LogP contribution in [0.3, 0.4) is 0 Å². The van der Waals surface area contributed by atoms with Gasteiger partial charge in [-0.15, -0.1) is 5.10 Å². The highest BCUT2D eigenvalue weighted by molar-refractivity contribution is 6.31. The number of nitrogens with two attached hydrogens (primary N) is 2. The van der Waals surface area contributed by atoms with Crippen LogP contribution in [0.1, 0.15) is 42.0 Å². The number of aryl methyl sites for hydroxylation is 1. The average molecular weight is 389 g/mol. The van der Waals surface area contributed by atoms with Gasteiger partial charge in [0.1, 0.15) is 18.1 Å². The Hall–Kier alpha value is -2.73. The number of rotatable bonds is 7. The van der Waals surface area contributed by atoms with E-state index in [1.165, 1.54) is 0 Å². The number of nitrogens with zero attached hydrogens (tertiary/aromatic N) is 2. The van der Waals surface area contributed by atoms with Crippen molar-refractivity contribution < 1.29 is 9.47 Å². The van der Waals surface area contributed by atoms with Crippen molar-refractivity contribution in [3.05, 3.63) is 57.6 Å². The topological polar surface area (TPSA) is 95.2 Å². The molecule has 2 aromatic rings. The first-order chi connectivity index (χ1) is 12.8. The van der Waals surface area contributed by atoms with Gasteiger partial charge in [0.2, 0.25) is 5.96 Å². The number of benzene rings is 2. The van der Waals surface area contributed by atoms with E-state index in [4.69, 9.17) is 32.5 Å². The third-order valence-corrected chi connectivity index (χ3v) is 4.39. The number of hydrogen-bond donors (Lipinski definition) is 2. The van der Waals surface area contributed by atoms with E-state index in [0.717, 1.165) is 38.8 Å². The molecule has 144 valence electrons. The standard InChI is InChI=1S/C20H25ClN4O2/c1-12(2)16-9-17(21)13(3)7-19(16)27-11-15-8-14(5-6-18(15)26-4)10-24-25-20(22)23/h5-10,12H,11H2,1-4H3,(H4,22,23,25). The quantitative estimate of drug-likeness (QED) is 0.426. The molecule has 0 saturated heterocycles. The Bertz CT molecular complexity index is 859. The molecule has 27 heavy (non-hydrogen) atoms. The lowest BCUT2D eigenvalue weighted by atomic mass is 10.0. The van der Waals surface area contributed by atoms with E-state index < -0.39 is 0 Å². The first kappa shape index (κ1) is 20.6. The van der Waals surface area contributed by atoms with Gasteiger partial charge in [-0.25, -0.2) is 0 Å². The largest absolute Gasteiger partial charge is 0.496 e. The molecule has 0 aromatic heterocycles. The monoisotopic (exact) mass is 388 g/mol. The summed E-state index contributed by atoms with van der Waals surface area (Å²) in [6.07, 6.45) is 1.56. The smallest absolute Gasteiger partial charge is 0.211 e. The van der Waals surface area contributed by atoms with Gasteiger partial charge in [0.15, 0.2) is 0 Å². The van der Waals surface area contributed by atoms with Gasteiger partial charge in [0, 0.05) is 10.6 Å². The Labute approximate surface area is 164 Å². The Morgan fingerprint density at radius 3 is 2.56 bits per heavy atom. The maximum absolute atomic E-state index is 6.27. The lowest BCUT2D eigenvalue weighted by Crippen LogP contribution is -2.21. The van der Waals surface area contributed by atoms with Crippen molar-refractivity contribution in [1.82, 2.24) is 0 Å². The predicted octanol–water partition coefficient (Wildman–Crippen LogP) is 3.97. The second kappa shape index (κ2) is 9.28. The Kier molecular flexibility index (Phi) is 7.07. The zero-order valence-corrected chi connectivity index (χ0v) is 16.7. The van der Waals surface area contributed by atoms with Gasteiger partial charge in [-0.2, -0.15) is 5.10 Å². The molecule has 0 aliphatic rings. The van der Waals surface area contributed by atoms with Crippen LogP contribution in [-0.2, 0) is 6.61 Å². The molecule has 2 rings (SSSR count). The molecule has 0 saturated carbocycles. The molecule has 0 amide bonds. The van der Waals surface area contributed by atoms with Crippen LogP contribution in [0.4, 0.5) is 0 Å². The van der Waals surface area contributed by atoms with Crippen molar-refractivity contribution in [2.75, 3.05) is 7.11 Å². The van der Waals surface area contributed by atoms with Crippen molar-refractivity contribution in [1.29, 1.82) is 0 Å². The van der Waals surface area contributed by atoms with Gasteiger partial charge in [-0.3, -0.25) is 0 Å². The number of guanidine groups is 1. The number of ether oxygens (including phenoxy) is 2. The highest BCUT2D eigenvalue weighted by atomic mass is 35.5. The normalized spacial score (nSPS) is 11.0. The van der Waals surface area contributed by atoms with Crippen LogP contribution in [-0.4, -0.2) is 19.3 Å². The summed E-state index contributed by atoms with van der Waals surface area (Å²) >= 11 is 6.27. The maximum atomic E-state index is 6.27. The van der Waals surface area contributed by atoms with Crippen molar-refractivity contribution >= 4 is 23.8 Å².